The Bertz CT molecular complexity index is 979. The molecular weight excluding hydrogens is 408 g/mol. The van der Waals surface area contributed by atoms with E-state index in [9.17, 15) is 14.7 Å². The summed E-state index contributed by atoms with van der Waals surface area (Å²) in [6.45, 7) is 0.748. The molecule has 0 radical (unpaired) electrons. The fourth-order valence-corrected chi connectivity index (χ4v) is 3.73. The molecule has 0 amide bonds. The number of carboxylic acid groups (broad SMARTS) is 1. The van der Waals surface area contributed by atoms with Gasteiger partial charge < -0.3 is 9.84 Å². The van der Waals surface area contributed by atoms with E-state index in [0.717, 1.165) is 10.0 Å². The number of aromatic carboxylic acids is 1. The van der Waals surface area contributed by atoms with Gasteiger partial charge in [0.05, 0.1) is 24.1 Å². The van der Waals surface area contributed by atoms with Gasteiger partial charge in [0, 0.05) is 23.4 Å². The van der Waals surface area contributed by atoms with Crippen LogP contribution >= 0.6 is 27.3 Å². The van der Waals surface area contributed by atoms with E-state index in [4.69, 9.17) is 4.74 Å². The Kier molecular flexibility index (Phi) is 5.31. The molecule has 1 aromatic carbocycles. The fraction of sp³-hybridized carbons (Fsp3) is 0.235. The second-order valence-corrected chi connectivity index (χ2v) is 7.20. The van der Waals surface area contributed by atoms with Crippen LogP contribution in [0.5, 0.6) is 0 Å². The minimum Gasteiger partial charge on any atom is -0.478 e. The zero-order valence-corrected chi connectivity index (χ0v) is 15.8. The van der Waals surface area contributed by atoms with Gasteiger partial charge in [-0.25, -0.2) is 9.78 Å². The molecule has 25 heavy (non-hydrogen) atoms. The van der Waals surface area contributed by atoms with Crippen molar-refractivity contribution in [3.63, 3.8) is 0 Å². The standard InChI is InChI=1S/C17H15BrN2O4S/c1-24-7-6-13-19-15-14(12(9-25-15)17(22)23)16(21)20(13)8-10-2-4-11(18)5-3-10/h2-5,9H,6-8H2,1H3,(H,22,23). The molecule has 0 aliphatic heterocycles. The Balaban J connectivity index is 2.16. The van der Waals surface area contributed by atoms with Crippen molar-refractivity contribution < 1.29 is 14.6 Å². The highest BCUT2D eigenvalue weighted by atomic mass is 79.9. The summed E-state index contributed by atoms with van der Waals surface area (Å²) >= 11 is 4.55. The van der Waals surface area contributed by atoms with Crippen molar-refractivity contribution in [1.82, 2.24) is 9.55 Å². The molecule has 3 aromatic rings. The van der Waals surface area contributed by atoms with Gasteiger partial charge in [-0.2, -0.15) is 0 Å². The monoisotopic (exact) mass is 422 g/mol. The zero-order chi connectivity index (χ0) is 18.0. The lowest BCUT2D eigenvalue weighted by Gasteiger charge is -2.13. The second-order valence-electron chi connectivity index (χ2n) is 5.42. The highest BCUT2D eigenvalue weighted by Crippen LogP contribution is 2.22. The normalized spacial score (nSPS) is 11.1. The summed E-state index contributed by atoms with van der Waals surface area (Å²) in [4.78, 5) is 29.3. The topological polar surface area (TPSA) is 81.4 Å². The minimum atomic E-state index is -1.12. The van der Waals surface area contributed by atoms with Crippen molar-refractivity contribution in [2.75, 3.05) is 13.7 Å². The van der Waals surface area contributed by atoms with Crippen molar-refractivity contribution in [3.05, 3.63) is 61.4 Å². The number of halogens is 1. The van der Waals surface area contributed by atoms with Crippen molar-refractivity contribution >= 4 is 43.5 Å². The van der Waals surface area contributed by atoms with Gasteiger partial charge in [-0.15, -0.1) is 11.3 Å². The molecule has 8 heteroatoms. The van der Waals surface area contributed by atoms with Gasteiger partial charge in [0.1, 0.15) is 10.7 Å². The number of carbonyl (C=O) groups is 1. The molecule has 0 atom stereocenters. The van der Waals surface area contributed by atoms with Crippen LogP contribution in [0.1, 0.15) is 21.7 Å². The lowest BCUT2D eigenvalue weighted by Crippen LogP contribution is -2.27. The molecule has 1 N–H and O–H groups in total. The first-order valence-corrected chi connectivity index (χ1v) is 9.16. The summed E-state index contributed by atoms with van der Waals surface area (Å²) in [5, 5.41) is 11.0. The number of nitrogens with zero attached hydrogens (tertiary/aromatic N) is 2. The number of methoxy groups -OCH3 is 1. The van der Waals surface area contributed by atoms with Crippen LogP contribution in [-0.4, -0.2) is 34.3 Å². The number of hydrogen-bond acceptors (Lipinski definition) is 5. The van der Waals surface area contributed by atoms with E-state index in [-0.39, 0.29) is 16.5 Å². The fourth-order valence-electron chi connectivity index (χ4n) is 2.54. The van der Waals surface area contributed by atoms with Gasteiger partial charge in [0.2, 0.25) is 0 Å². The summed E-state index contributed by atoms with van der Waals surface area (Å²) in [5.74, 6) is -0.536. The molecule has 0 fully saturated rings. The summed E-state index contributed by atoms with van der Waals surface area (Å²) in [5.41, 5.74) is 0.593. The van der Waals surface area contributed by atoms with Crippen molar-refractivity contribution in [2.45, 2.75) is 13.0 Å². The molecule has 130 valence electrons. The summed E-state index contributed by atoms with van der Waals surface area (Å²) in [6.07, 6.45) is 0.471. The predicted octanol–water partition coefficient (Wildman–Crippen LogP) is 3.16. The van der Waals surface area contributed by atoms with E-state index in [0.29, 0.717) is 30.2 Å². The third kappa shape index (κ3) is 3.65. The SMILES string of the molecule is COCCc1nc2scc(C(=O)O)c2c(=O)n1Cc1ccc(Br)cc1. The van der Waals surface area contributed by atoms with Crippen LogP contribution in [0.2, 0.25) is 0 Å². The third-order valence-electron chi connectivity index (χ3n) is 3.79. The first kappa shape index (κ1) is 17.8. The Morgan fingerprint density at radius 2 is 2.08 bits per heavy atom. The van der Waals surface area contributed by atoms with E-state index in [1.807, 2.05) is 24.3 Å². The maximum Gasteiger partial charge on any atom is 0.337 e. The number of aromatic nitrogens is 2. The molecule has 2 aromatic heterocycles. The number of fused-ring (bicyclic) bond motifs is 1. The van der Waals surface area contributed by atoms with Crippen molar-refractivity contribution in [2.24, 2.45) is 0 Å². The predicted molar refractivity (Wildman–Crippen MR) is 99.7 cm³/mol. The Morgan fingerprint density at radius 3 is 2.72 bits per heavy atom. The van der Waals surface area contributed by atoms with Gasteiger partial charge in [-0.1, -0.05) is 28.1 Å². The molecule has 0 unspecified atom stereocenters. The largest absolute Gasteiger partial charge is 0.478 e. The van der Waals surface area contributed by atoms with E-state index >= 15 is 0 Å². The van der Waals surface area contributed by atoms with Gasteiger partial charge in [0.15, 0.2) is 0 Å². The number of ether oxygens (including phenoxy) is 1. The van der Waals surface area contributed by atoms with E-state index < -0.39 is 5.97 Å². The number of rotatable bonds is 6. The molecule has 6 nitrogen and oxygen atoms in total. The third-order valence-corrected chi connectivity index (χ3v) is 5.19. The van der Waals surface area contributed by atoms with E-state index in [2.05, 4.69) is 20.9 Å². The molecule has 2 heterocycles. The first-order chi connectivity index (χ1) is 12.0. The molecule has 3 rings (SSSR count). The molecule has 0 saturated heterocycles. The number of benzene rings is 1. The van der Waals surface area contributed by atoms with Gasteiger partial charge >= 0.3 is 5.97 Å². The lowest BCUT2D eigenvalue weighted by atomic mass is 10.2. The van der Waals surface area contributed by atoms with Crippen LogP contribution in [0.25, 0.3) is 10.2 Å². The quantitative estimate of drug-likeness (QED) is 0.659. The number of hydrogen-bond donors (Lipinski definition) is 1. The van der Waals surface area contributed by atoms with Crippen LogP contribution in [0.4, 0.5) is 0 Å². The average Bonchev–Trinajstić information content (AvgIpc) is 3.02. The highest BCUT2D eigenvalue weighted by Gasteiger charge is 2.19. The highest BCUT2D eigenvalue weighted by molar-refractivity contribution is 9.10. The smallest absolute Gasteiger partial charge is 0.337 e. The Hall–Kier alpha value is -2.03. The van der Waals surface area contributed by atoms with Crippen LogP contribution in [0.3, 0.4) is 0 Å². The average molecular weight is 423 g/mol. The van der Waals surface area contributed by atoms with Crippen LogP contribution in [0.15, 0.2) is 38.9 Å². The van der Waals surface area contributed by atoms with Crippen LogP contribution in [-0.2, 0) is 17.7 Å². The maximum atomic E-state index is 13.0. The molecule has 0 bridgehead atoms. The molecule has 0 saturated carbocycles. The maximum absolute atomic E-state index is 13.0. The van der Waals surface area contributed by atoms with Gasteiger partial charge in [0.25, 0.3) is 5.56 Å². The molecule has 0 spiro atoms. The van der Waals surface area contributed by atoms with Crippen molar-refractivity contribution in [1.29, 1.82) is 0 Å². The number of carboxylic acids is 1. The molecule has 0 aliphatic carbocycles. The van der Waals surface area contributed by atoms with Crippen molar-refractivity contribution in [3.8, 4) is 0 Å². The first-order valence-electron chi connectivity index (χ1n) is 7.49. The zero-order valence-electron chi connectivity index (χ0n) is 13.4. The minimum absolute atomic E-state index is 0.000322. The molecular formula is C17H15BrN2O4S. The van der Waals surface area contributed by atoms with Crippen LogP contribution in [0, 0.1) is 0 Å². The summed E-state index contributed by atoms with van der Waals surface area (Å²) < 4.78 is 7.59. The summed E-state index contributed by atoms with van der Waals surface area (Å²) in [7, 11) is 1.59. The summed E-state index contributed by atoms with van der Waals surface area (Å²) in [6, 6.07) is 7.61. The van der Waals surface area contributed by atoms with E-state index in [1.54, 1.807) is 7.11 Å². The second kappa shape index (κ2) is 7.47. The van der Waals surface area contributed by atoms with Gasteiger partial charge in [-0.05, 0) is 17.7 Å². The Labute approximate surface area is 155 Å². The number of thiophene rings is 1. The van der Waals surface area contributed by atoms with E-state index in [1.165, 1.54) is 21.3 Å². The Morgan fingerprint density at radius 1 is 1.36 bits per heavy atom. The van der Waals surface area contributed by atoms with Crippen LogP contribution < -0.4 is 5.56 Å². The molecule has 0 aliphatic rings. The van der Waals surface area contributed by atoms with Gasteiger partial charge in [-0.3, -0.25) is 9.36 Å². The lowest BCUT2D eigenvalue weighted by molar-refractivity contribution is 0.0699.